The predicted octanol–water partition coefficient (Wildman–Crippen LogP) is 0.302. The van der Waals surface area contributed by atoms with Crippen LogP contribution in [-0.2, 0) is 9.57 Å². The molecule has 0 saturated heterocycles. The minimum absolute atomic E-state index is 0.0139. The first kappa shape index (κ1) is 7.50. The molecule has 1 N–H and O–H groups in total. The average molecular weight is 144 g/mol. The highest BCUT2D eigenvalue weighted by Gasteiger charge is 2.13. The molecule has 1 aliphatic rings. The number of hydroxylamine groups is 1. The van der Waals surface area contributed by atoms with Crippen molar-refractivity contribution in [2.75, 3.05) is 13.2 Å². The molecule has 0 aromatic rings. The van der Waals surface area contributed by atoms with Gasteiger partial charge in [-0.2, -0.15) is 0 Å². The van der Waals surface area contributed by atoms with Crippen LogP contribution in [0.1, 0.15) is 13.8 Å². The van der Waals surface area contributed by atoms with Crippen LogP contribution >= 0.6 is 0 Å². The summed E-state index contributed by atoms with van der Waals surface area (Å²) in [5, 5.41) is 0. The maximum Gasteiger partial charge on any atom is 0.208 e. The van der Waals surface area contributed by atoms with Gasteiger partial charge in [-0.25, -0.2) is 4.99 Å². The summed E-state index contributed by atoms with van der Waals surface area (Å²) in [6.45, 7) is 5.05. The second-order valence-electron chi connectivity index (χ2n) is 2.04. The lowest BCUT2D eigenvalue weighted by Crippen LogP contribution is -2.26. The molecule has 0 fully saturated rings. The second-order valence-corrected chi connectivity index (χ2v) is 2.04. The molecular weight excluding hydrogens is 132 g/mol. The first-order valence-corrected chi connectivity index (χ1v) is 3.37. The Hall–Kier alpha value is -0.610. The molecular formula is C6H12N2O2. The highest BCUT2D eigenvalue weighted by Crippen LogP contribution is 1.97. The molecule has 0 radical (unpaired) electrons. The number of nitrogens with zero attached hydrogens (tertiary/aromatic N) is 1. The minimum atomic E-state index is -0.0139. The maximum atomic E-state index is 5.12. The lowest BCUT2D eigenvalue weighted by atomic mass is 10.5. The van der Waals surface area contributed by atoms with Gasteiger partial charge in [0, 0.05) is 13.5 Å². The van der Waals surface area contributed by atoms with Crippen LogP contribution in [0.15, 0.2) is 4.99 Å². The summed E-state index contributed by atoms with van der Waals surface area (Å²) in [7, 11) is 0. The van der Waals surface area contributed by atoms with E-state index in [1.54, 1.807) is 6.92 Å². The molecule has 1 atom stereocenters. The molecule has 1 rings (SSSR count). The van der Waals surface area contributed by atoms with Crippen LogP contribution in [0.3, 0.4) is 0 Å². The average Bonchev–Trinajstić information content (AvgIpc) is 2.31. The van der Waals surface area contributed by atoms with Crippen molar-refractivity contribution in [3.8, 4) is 0 Å². The summed E-state index contributed by atoms with van der Waals surface area (Å²) < 4.78 is 5.12. The lowest BCUT2D eigenvalue weighted by molar-refractivity contribution is 0.0850. The SMILES string of the molecule is CCOCC1N=C(C)ON1. The van der Waals surface area contributed by atoms with Crippen molar-refractivity contribution in [1.82, 2.24) is 5.48 Å². The Balaban J connectivity index is 2.18. The molecule has 0 aromatic carbocycles. The minimum Gasteiger partial charge on any atom is -0.392 e. The summed E-state index contributed by atoms with van der Waals surface area (Å²) in [5.74, 6) is 0.671. The number of aliphatic imine (C=N–C) groups is 1. The molecule has 1 aliphatic heterocycles. The fourth-order valence-corrected chi connectivity index (χ4v) is 0.726. The Morgan fingerprint density at radius 2 is 2.60 bits per heavy atom. The van der Waals surface area contributed by atoms with Crippen LogP contribution in [0.4, 0.5) is 0 Å². The second kappa shape index (κ2) is 3.53. The third-order valence-electron chi connectivity index (χ3n) is 1.16. The van der Waals surface area contributed by atoms with Crippen LogP contribution in [0.2, 0.25) is 0 Å². The molecule has 4 nitrogen and oxygen atoms in total. The van der Waals surface area contributed by atoms with Gasteiger partial charge in [-0.15, -0.1) is 5.48 Å². The Morgan fingerprint density at radius 3 is 3.10 bits per heavy atom. The molecule has 4 heteroatoms. The van der Waals surface area contributed by atoms with Gasteiger partial charge in [-0.3, -0.25) is 0 Å². The monoisotopic (exact) mass is 144 g/mol. The molecule has 0 aromatic heterocycles. The summed E-state index contributed by atoms with van der Waals surface area (Å²) in [6, 6.07) is 0. The fraction of sp³-hybridized carbons (Fsp3) is 0.833. The van der Waals surface area contributed by atoms with E-state index in [1.165, 1.54) is 0 Å². The molecule has 0 saturated carbocycles. The summed E-state index contributed by atoms with van der Waals surface area (Å²) in [5.41, 5.74) is 2.71. The number of ether oxygens (including phenoxy) is 1. The van der Waals surface area contributed by atoms with Gasteiger partial charge >= 0.3 is 0 Å². The summed E-state index contributed by atoms with van der Waals surface area (Å²) >= 11 is 0. The topological polar surface area (TPSA) is 42.9 Å². The van der Waals surface area contributed by atoms with E-state index in [2.05, 4.69) is 10.5 Å². The van der Waals surface area contributed by atoms with E-state index in [-0.39, 0.29) is 6.17 Å². The highest BCUT2D eigenvalue weighted by molar-refractivity contribution is 5.74. The molecule has 1 unspecified atom stereocenters. The smallest absolute Gasteiger partial charge is 0.208 e. The third kappa shape index (κ3) is 1.97. The van der Waals surface area contributed by atoms with Crippen molar-refractivity contribution in [2.45, 2.75) is 20.0 Å². The van der Waals surface area contributed by atoms with E-state index in [1.807, 2.05) is 6.92 Å². The van der Waals surface area contributed by atoms with Crippen LogP contribution in [0, 0.1) is 0 Å². The number of hydrogen-bond donors (Lipinski definition) is 1. The first-order chi connectivity index (χ1) is 4.83. The van der Waals surface area contributed by atoms with Gasteiger partial charge in [0.1, 0.15) is 0 Å². The number of nitrogens with one attached hydrogen (secondary N) is 1. The number of hydrogen-bond acceptors (Lipinski definition) is 4. The Morgan fingerprint density at radius 1 is 1.80 bits per heavy atom. The molecule has 0 spiro atoms. The van der Waals surface area contributed by atoms with Crippen LogP contribution in [-0.4, -0.2) is 25.3 Å². The van der Waals surface area contributed by atoms with Crippen LogP contribution < -0.4 is 5.48 Å². The first-order valence-electron chi connectivity index (χ1n) is 3.37. The van der Waals surface area contributed by atoms with E-state index >= 15 is 0 Å². The third-order valence-corrected chi connectivity index (χ3v) is 1.16. The molecule has 1 heterocycles. The maximum absolute atomic E-state index is 5.12. The van der Waals surface area contributed by atoms with Gasteiger partial charge in [0.25, 0.3) is 0 Å². The zero-order valence-electron chi connectivity index (χ0n) is 6.26. The van der Waals surface area contributed by atoms with Gasteiger partial charge in [0.05, 0.1) is 6.61 Å². The van der Waals surface area contributed by atoms with Gasteiger partial charge < -0.3 is 9.57 Å². The Bertz CT molecular complexity index is 136. The van der Waals surface area contributed by atoms with E-state index in [0.29, 0.717) is 19.1 Å². The predicted molar refractivity (Wildman–Crippen MR) is 37.6 cm³/mol. The quantitative estimate of drug-likeness (QED) is 0.619. The van der Waals surface area contributed by atoms with Crippen molar-refractivity contribution in [3.05, 3.63) is 0 Å². The van der Waals surface area contributed by atoms with Gasteiger partial charge in [-0.05, 0) is 6.92 Å². The molecule has 0 bridgehead atoms. The fourth-order valence-electron chi connectivity index (χ4n) is 0.726. The van der Waals surface area contributed by atoms with Crippen molar-refractivity contribution in [2.24, 2.45) is 4.99 Å². The number of rotatable bonds is 3. The zero-order chi connectivity index (χ0) is 7.40. The van der Waals surface area contributed by atoms with Crippen LogP contribution in [0.5, 0.6) is 0 Å². The van der Waals surface area contributed by atoms with Gasteiger partial charge in [0.2, 0.25) is 5.90 Å². The van der Waals surface area contributed by atoms with Gasteiger partial charge in [-0.1, -0.05) is 0 Å². The normalized spacial score (nSPS) is 24.2. The van der Waals surface area contributed by atoms with Crippen molar-refractivity contribution < 1.29 is 9.57 Å². The summed E-state index contributed by atoms with van der Waals surface area (Å²) in [4.78, 5) is 8.97. The van der Waals surface area contributed by atoms with Crippen molar-refractivity contribution in [3.63, 3.8) is 0 Å². The lowest BCUT2D eigenvalue weighted by Gasteiger charge is -2.04. The molecule has 0 aliphatic carbocycles. The van der Waals surface area contributed by atoms with Gasteiger partial charge in [0.15, 0.2) is 6.17 Å². The van der Waals surface area contributed by atoms with Crippen LogP contribution in [0.25, 0.3) is 0 Å². The standard InChI is InChI=1S/C6H12N2O2/c1-3-9-4-6-7-5(2)10-8-6/h6,8H,3-4H2,1-2H3. The largest absolute Gasteiger partial charge is 0.392 e. The Labute approximate surface area is 60.2 Å². The van der Waals surface area contributed by atoms with E-state index in [4.69, 9.17) is 9.57 Å². The van der Waals surface area contributed by atoms with Crippen molar-refractivity contribution >= 4 is 5.90 Å². The zero-order valence-corrected chi connectivity index (χ0v) is 6.26. The van der Waals surface area contributed by atoms with E-state index in [9.17, 15) is 0 Å². The van der Waals surface area contributed by atoms with Crippen molar-refractivity contribution in [1.29, 1.82) is 0 Å². The molecule has 58 valence electrons. The molecule has 0 amide bonds. The Kier molecular flexibility index (Phi) is 2.65. The highest BCUT2D eigenvalue weighted by atomic mass is 16.7. The van der Waals surface area contributed by atoms with E-state index in [0.717, 1.165) is 0 Å². The van der Waals surface area contributed by atoms with E-state index < -0.39 is 0 Å². The summed E-state index contributed by atoms with van der Waals surface area (Å²) in [6.07, 6.45) is -0.0139. The molecule has 10 heavy (non-hydrogen) atoms.